The van der Waals surface area contributed by atoms with E-state index < -0.39 is 11.3 Å². The van der Waals surface area contributed by atoms with Crippen molar-refractivity contribution in [2.24, 2.45) is 0 Å². The standard InChI is InChI=1S/C26H35N3O6/c1-34-15-14-29-23(31)17-26(25(29)33,20-10-6-7-11-21(20)35-2)16-22(30)27-12-13-28(24(32)18-27)19-8-4-3-5-9-19/h6-7,10-11,19H,3-5,8-9,12-18H2,1-2H3. The molecule has 9 nitrogen and oxygen atoms in total. The fourth-order valence-corrected chi connectivity index (χ4v) is 5.74. The van der Waals surface area contributed by atoms with Gasteiger partial charge in [0.2, 0.25) is 23.6 Å². The first-order valence-electron chi connectivity index (χ1n) is 12.5. The first-order chi connectivity index (χ1) is 16.9. The minimum absolute atomic E-state index is 0.00681. The molecule has 0 N–H and O–H groups in total. The van der Waals surface area contributed by atoms with Gasteiger partial charge in [-0.3, -0.25) is 24.1 Å². The third-order valence-electron chi connectivity index (χ3n) is 7.63. The molecular formula is C26H35N3O6. The summed E-state index contributed by atoms with van der Waals surface area (Å²) in [4.78, 5) is 57.8. The van der Waals surface area contributed by atoms with Crippen molar-refractivity contribution in [3.8, 4) is 5.75 Å². The fourth-order valence-electron chi connectivity index (χ4n) is 5.74. The molecule has 2 aliphatic heterocycles. The molecule has 190 valence electrons. The van der Waals surface area contributed by atoms with Crippen LogP contribution in [0.4, 0.5) is 0 Å². The number of carbonyl (C=O) groups excluding carboxylic acids is 4. The molecule has 35 heavy (non-hydrogen) atoms. The summed E-state index contributed by atoms with van der Waals surface area (Å²) in [5, 5.41) is 0. The number of nitrogens with zero attached hydrogens (tertiary/aromatic N) is 3. The van der Waals surface area contributed by atoms with Crippen molar-refractivity contribution in [2.75, 3.05) is 47.0 Å². The van der Waals surface area contributed by atoms with Gasteiger partial charge in [-0.15, -0.1) is 0 Å². The van der Waals surface area contributed by atoms with E-state index in [-0.39, 0.29) is 56.3 Å². The topological polar surface area (TPSA) is 96.5 Å². The molecule has 9 heteroatoms. The normalized spacial score (nSPS) is 23.8. The third-order valence-corrected chi connectivity index (χ3v) is 7.63. The van der Waals surface area contributed by atoms with E-state index in [0.717, 1.165) is 25.7 Å². The van der Waals surface area contributed by atoms with E-state index in [2.05, 4.69) is 0 Å². The van der Waals surface area contributed by atoms with Gasteiger partial charge in [0, 0.05) is 44.6 Å². The van der Waals surface area contributed by atoms with Crippen LogP contribution in [-0.4, -0.2) is 91.4 Å². The Balaban J connectivity index is 1.56. The van der Waals surface area contributed by atoms with E-state index in [1.165, 1.54) is 30.4 Å². The zero-order valence-electron chi connectivity index (χ0n) is 20.7. The second-order valence-electron chi connectivity index (χ2n) is 9.67. The Morgan fingerprint density at radius 3 is 2.46 bits per heavy atom. The number of benzene rings is 1. The van der Waals surface area contributed by atoms with E-state index in [1.54, 1.807) is 24.3 Å². The van der Waals surface area contributed by atoms with Gasteiger partial charge in [-0.2, -0.15) is 0 Å². The largest absolute Gasteiger partial charge is 0.496 e. The summed E-state index contributed by atoms with van der Waals surface area (Å²) in [6.07, 6.45) is 5.19. The van der Waals surface area contributed by atoms with E-state index >= 15 is 0 Å². The second kappa shape index (κ2) is 10.8. The van der Waals surface area contributed by atoms with Gasteiger partial charge in [0.25, 0.3) is 0 Å². The highest BCUT2D eigenvalue weighted by atomic mass is 16.5. The lowest BCUT2D eigenvalue weighted by atomic mass is 9.75. The minimum Gasteiger partial charge on any atom is -0.496 e. The number of carbonyl (C=O) groups is 4. The van der Waals surface area contributed by atoms with Crippen LogP contribution in [0.25, 0.3) is 0 Å². The van der Waals surface area contributed by atoms with E-state index in [0.29, 0.717) is 24.4 Å². The summed E-state index contributed by atoms with van der Waals surface area (Å²) in [7, 11) is 3.01. The lowest BCUT2D eigenvalue weighted by Gasteiger charge is -2.41. The molecule has 1 aliphatic carbocycles. The number of hydrogen-bond acceptors (Lipinski definition) is 6. The molecule has 3 fully saturated rings. The van der Waals surface area contributed by atoms with Crippen molar-refractivity contribution in [2.45, 2.75) is 56.4 Å². The molecule has 0 aromatic heterocycles. The Labute approximate surface area is 206 Å². The van der Waals surface area contributed by atoms with Crippen LogP contribution in [0.5, 0.6) is 5.75 Å². The van der Waals surface area contributed by atoms with Crippen LogP contribution >= 0.6 is 0 Å². The van der Waals surface area contributed by atoms with Crippen LogP contribution in [0.15, 0.2) is 24.3 Å². The Morgan fingerprint density at radius 2 is 1.77 bits per heavy atom. The molecule has 0 bridgehead atoms. The summed E-state index contributed by atoms with van der Waals surface area (Å²) >= 11 is 0. The summed E-state index contributed by atoms with van der Waals surface area (Å²) in [5.74, 6) is -0.664. The maximum Gasteiger partial charge on any atom is 0.242 e. The number of piperazine rings is 1. The number of para-hydroxylation sites is 1. The smallest absolute Gasteiger partial charge is 0.242 e. The van der Waals surface area contributed by atoms with Gasteiger partial charge in [-0.1, -0.05) is 37.5 Å². The highest BCUT2D eigenvalue weighted by Crippen LogP contribution is 2.44. The summed E-state index contributed by atoms with van der Waals surface area (Å²) < 4.78 is 10.6. The molecule has 3 aliphatic rings. The third kappa shape index (κ3) is 4.91. The van der Waals surface area contributed by atoms with Crippen LogP contribution in [-0.2, 0) is 29.3 Å². The van der Waals surface area contributed by atoms with Gasteiger partial charge >= 0.3 is 0 Å². The van der Waals surface area contributed by atoms with Crippen molar-refractivity contribution in [1.29, 1.82) is 0 Å². The van der Waals surface area contributed by atoms with Gasteiger partial charge in [-0.25, -0.2) is 0 Å². The van der Waals surface area contributed by atoms with Gasteiger partial charge in [0.1, 0.15) is 5.75 Å². The highest BCUT2D eigenvalue weighted by Gasteiger charge is 2.55. The molecule has 0 spiro atoms. The SMILES string of the molecule is COCCN1C(=O)CC(CC(=O)N2CCN(C3CCCCC3)C(=O)C2)(c2ccccc2OC)C1=O. The van der Waals surface area contributed by atoms with Crippen molar-refractivity contribution < 1.29 is 28.7 Å². The Morgan fingerprint density at radius 1 is 1.03 bits per heavy atom. The van der Waals surface area contributed by atoms with Gasteiger partial charge in [0.15, 0.2) is 0 Å². The lowest BCUT2D eigenvalue weighted by molar-refractivity contribution is -0.149. The van der Waals surface area contributed by atoms with Gasteiger partial charge in [0.05, 0.1) is 32.2 Å². The van der Waals surface area contributed by atoms with Crippen molar-refractivity contribution in [3.05, 3.63) is 29.8 Å². The van der Waals surface area contributed by atoms with Crippen LogP contribution in [0.3, 0.4) is 0 Å². The minimum atomic E-state index is -1.38. The molecule has 4 rings (SSSR count). The number of imide groups is 1. The first-order valence-corrected chi connectivity index (χ1v) is 12.5. The monoisotopic (exact) mass is 485 g/mol. The average Bonchev–Trinajstić information content (AvgIpc) is 3.12. The summed E-state index contributed by atoms with van der Waals surface area (Å²) in [6.45, 7) is 1.28. The maximum atomic E-state index is 13.7. The molecule has 1 saturated carbocycles. The predicted octanol–water partition coefficient (Wildman–Crippen LogP) is 1.73. The summed E-state index contributed by atoms with van der Waals surface area (Å²) in [6, 6.07) is 7.28. The molecular weight excluding hydrogens is 450 g/mol. The molecule has 1 aromatic rings. The number of ether oxygens (including phenoxy) is 2. The summed E-state index contributed by atoms with van der Waals surface area (Å²) in [5.41, 5.74) is -0.862. The van der Waals surface area contributed by atoms with E-state index in [4.69, 9.17) is 9.47 Å². The molecule has 4 amide bonds. The second-order valence-corrected chi connectivity index (χ2v) is 9.67. The fraction of sp³-hybridized carbons (Fsp3) is 0.615. The van der Waals surface area contributed by atoms with Crippen LogP contribution in [0.1, 0.15) is 50.5 Å². The maximum absolute atomic E-state index is 13.7. The molecule has 1 atom stereocenters. The number of methoxy groups -OCH3 is 2. The average molecular weight is 486 g/mol. The van der Waals surface area contributed by atoms with Gasteiger partial charge < -0.3 is 19.3 Å². The van der Waals surface area contributed by atoms with Crippen LogP contribution < -0.4 is 4.74 Å². The van der Waals surface area contributed by atoms with Crippen LogP contribution in [0.2, 0.25) is 0 Å². The Hall–Kier alpha value is -2.94. The Bertz CT molecular complexity index is 976. The number of amides is 4. The van der Waals surface area contributed by atoms with Crippen molar-refractivity contribution in [1.82, 2.24) is 14.7 Å². The van der Waals surface area contributed by atoms with E-state index in [9.17, 15) is 19.2 Å². The number of likely N-dealkylation sites (tertiary alicyclic amines) is 1. The molecule has 2 saturated heterocycles. The quantitative estimate of drug-likeness (QED) is 0.521. The number of hydrogen-bond donors (Lipinski definition) is 0. The van der Waals surface area contributed by atoms with Crippen LogP contribution in [0, 0.1) is 0 Å². The lowest BCUT2D eigenvalue weighted by Crippen LogP contribution is -2.56. The van der Waals surface area contributed by atoms with Crippen molar-refractivity contribution >= 4 is 23.6 Å². The zero-order valence-corrected chi connectivity index (χ0v) is 20.7. The van der Waals surface area contributed by atoms with E-state index in [1.807, 2.05) is 4.90 Å². The van der Waals surface area contributed by atoms with Crippen molar-refractivity contribution in [3.63, 3.8) is 0 Å². The zero-order chi connectivity index (χ0) is 25.0. The number of rotatable bonds is 8. The predicted molar refractivity (Wildman–Crippen MR) is 128 cm³/mol. The molecule has 0 radical (unpaired) electrons. The Kier molecular flexibility index (Phi) is 7.74. The highest BCUT2D eigenvalue weighted by molar-refractivity contribution is 6.11. The van der Waals surface area contributed by atoms with Gasteiger partial charge in [-0.05, 0) is 18.9 Å². The molecule has 2 heterocycles. The first kappa shape index (κ1) is 25.2. The molecule has 1 unspecified atom stereocenters. The molecule has 1 aromatic carbocycles.